The molecule has 0 aromatic heterocycles. The molecule has 8 heteroatoms. The first-order chi connectivity index (χ1) is 9.16. The molecule has 0 spiro atoms. The van der Waals surface area contributed by atoms with E-state index in [1.807, 2.05) is 0 Å². The van der Waals surface area contributed by atoms with Gasteiger partial charge in [-0.15, -0.1) is 0 Å². The van der Waals surface area contributed by atoms with E-state index in [0.29, 0.717) is 12.0 Å². The van der Waals surface area contributed by atoms with Crippen molar-refractivity contribution in [2.45, 2.75) is 31.3 Å². The maximum absolute atomic E-state index is 12.4. The average Bonchev–Trinajstić information content (AvgIpc) is 2.35. The second-order valence-corrected chi connectivity index (χ2v) is 6.68. The molecule has 1 aromatic carbocycles. The summed E-state index contributed by atoms with van der Waals surface area (Å²) in [5, 5.41) is 19.9. The normalized spacial score (nSPS) is 13.4. The molecule has 0 fully saturated rings. The van der Waals surface area contributed by atoms with Gasteiger partial charge in [0.15, 0.2) is 0 Å². The van der Waals surface area contributed by atoms with Crippen LogP contribution < -0.4 is 0 Å². The lowest BCUT2D eigenvalue weighted by atomic mass is 10.2. The van der Waals surface area contributed by atoms with Crippen LogP contribution in [0.3, 0.4) is 0 Å². The zero-order valence-corrected chi connectivity index (χ0v) is 12.4. The van der Waals surface area contributed by atoms with Crippen molar-refractivity contribution in [3.63, 3.8) is 0 Å². The Bertz CT molecular complexity index is 598. The second kappa shape index (κ2) is 6.29. The van der Waals surface area contributed by atoms with E-state index in [2.05, 4.69) is 0 Å². The van der Waals surface area contributed by atoms with E-state index < -0.39 is 21.1 Å². The number of nitrogens with zero attached hydrogens (tertiary/aromatic N) is 2. The number of hydrogen-bond donors (Lipinski definition) is 1. The van der Waals surface area contributed by atoms with E-state index in [4.69, 9.17) is 0 Å². The molecule has 0 saturated heterocycles. The summed E-state index contributed by atoms with van der Waals surface area (Å²) in [6, 6.07) is 3.74. The molecular formula is C12H18N2O5S. The first-order valence-corrected chi connectivity index (χ1v) is 7.49. The van der Waals surface area contributed by atoms with Gasteiger partial charge in [-0.25, -0.2) is 12.7 Å². The number of aliphatic hydroxyl groups excluding tert-OH is 1. The highest BCUT2D eigenvalue weighted by atomic mass is 32.2. The predicted molar refractivity (Wildman–Crippen MR) is 73.9 cm³/mol. The SMILES string of the molecule is Cc1ccc([N+](=O)[O-])cc1S(=O)(=O)N(C)CCC(C)O. The fourth-order valence-electron chi connectivity index (χ4n) is 1.64. The van der Waals surface area contributed by atoms with E-state index in [1.165, 1.54) is 19.2 Å². The van der Waals surface area contributed by atoms with Crippen LogP contribution >= 0.6 is 0 Å². The van der Waals surface area contributed by atoms with Crippen molar-refractivity contribution < 1.29 is 18.4 Å². The fourth-order valence-corrected chi connectivity index (χ4v) is 3.06. The van der Waals surface area contributed by atoms with E-state index in [-0.39, 0.29) is 17.1 Å². The number of benzene rings is 1. The van der Waals surface area contributed by atoms with Crippen molar-refractivity contribution in [1.29, 1.82) is 0 Å². The topological polar surface area (TPSA) is 101 Å². The molecule has 1 N–H and O–H groups in total. The molecule has 1 rings (SSSR count). The van der Waals surface area contributed by atoms with Gasteiger partial charge in [-0.05, 0) is 25.8 Å². The third-order valence-corrected chi connectivity index (χ3v) is 4.93. The summed E-state index contributed by atoms with van der Waals surface area (Å²) in [7, 11) is -2.42. The fraction of sp³-hybridized carbons (Fsp3) is 0.500. The Morgan fingerprint density at radius 2 is 2.05 bits per heavy atom. The summed E-state index contributed by atoms with van der Waals surface area (Å²) in [6.45, 7) is 3.29. The Hall–Kier alpha value is -1.51. The lowest BCUT2D eigenvalue weighted by Gasteiger charge is -2.19. The number of sulfonamides is 1. The maximum Gasteiger partial charge on any atom is 0.270 e. The molecule has 112 valence electrons. The van der Waals surface area contributed by atoms with E-state index in [0.717, 1.165) is 10.4 Å². The Balaban J connectivity index is 3.14. The van der Waals surface area contributed by atoms with Crippen LogP contribution in [0.2, 0.25) is 0 Å². The van der Waals surface area contributed by atoms with Crippen LogP contribution in [0.15, 0.2) is 23.1 Å². The highest BCUT2D eigenvalue weighted by molar-refractivity contribution is 7.89. The summed E-state index contributed by atoms with van der Waals surface area (Å²) in [6.07, 6.45) is -0.317. The average molecular weight is 302 g/mol. The van der Waals surface area contributed by atoms with Gasteiger partial charge in [-0.2, -0.15) is 0 Å². The predicted octanol–water partition coefficient (Wildman–Crippen LogP) is 1.29. The van der Waals surface area contributed by atoms with Crippen LogP contribution in [0.5, 0.6) is 0 Å². The van der Waals surface area contributed by atoms with Crippen molar-refractivity contribution in [1.82, 2.24) is 4.31 Å². The molecule has 7 nitrogen and oxygen atoms in total. The van der Waals surface area contributed by atoms with Crippen molar-refractivity contribution in [3.8, 4) is 0 Å². The lowest BCUT2D eigenvalue weighted by molar-refractivity contribution is -0.385. The van der Waals surface area contributed by atoms with Gasteiger partial charge in [0.05, 0.1) is 15.9 Å². The number of nitro groups is 1. The van der Waals surface area contributed by atoms with Gasteiger partial charge in [-0.1, -0.05) is 6.07 Å². The first kappa shape index (κ1) is 16.5. The third kappa shape index (κ3) is 3.75. The van der Waals surface area contributed by atoms with Crippen LogP contribution in [0.4, 0.5) is 5.69 Å². The van der Waals surface area contributed by atoms with E-state index in [9.17, 15) is 23.6 Å². The van der Waals surface area contributed by atoms with Crippen LogP contribution in [-0.2, 0) is 10.0 Å². The number of hydrogen-bond acceptors (Lipinski definition) is 5. The summed E-state index contributed by atoms with van der Waals surface area (Å²) in [5.74, 6) is 0. The quantitative estimate of drug-likeness (QED) is 0.630. The number of aryl methyl sites for hydroxylation is 1. The molecule has 0 aliphatic heterocycles. The van der Waals surface area contributed by atoms with Crippen LogP contribution in [0.1, 0.15) is 18.9 Å². The Morgan fingerprint density at radius 1 is 1.45 bits per heavy atom. The molecule has 1 aromatic rings. The minimum Gasteiger partial charge on any atom is -0.393 e. The molecule has 0 heterocycles. The highest BCUT2D eigenvalue weighted by Crippen LogP contribution is 2.24. The van der Waals surface area contributed by atoms with Crippen molar-refractivity contribution in [2.75, 3.05) is 13.6 Å². The molecule has 0 saturated carbocycles. The van der Waals surface area contributed by atoms with Crippen LogP contribution in [0, 0.1) is 17.0 Å². The number of nitro benzene ring substituents is 1. The minimum atomic E-state index is -3.80. The molecule has 0 aliphatic rings. The summed E-state index contributed by atoms with van der Waals surface area (Å²) in [5.41, 5.74) is 0.178. The van der Waals surface area contributed by atoms with Crippen molar-refractivity contribution in [2.24, 2.45) is 0 Å². The Morgan fingerprint density at radius 3 is 2.55 bits per heavy atom. The zero-order valence-electron chi connectivity index (χ0n) is 11.6. The number of rotatable bonds is 6. The summed E-state index contributed by atoms with van der Waals surface area (Å²) >= 11 is 0. The Kier molecular flexibility index (Phi) is 5.21. The van der Waals surface area contributed by atoms with E-state index >= 15 is 0 Å². The molecule has 0 bridgehead atoms. The molecule has 0 radical (unpaired) electrons. The molecule has 20 heavy (non-hydrogen) atoms. The van der Waals surface area contributed by atoms with Gasteiger partial charge in [0.1, 0.15) is 0 Å². The van der Waals surface area contributed by atoms with Gasteiger partial charge in [0.2, 0.25) is 10.0 Å². The Labute approximate surface area is 118 Å². The molecule has 0 aliphatic carbocycles. The highest BCUT2D eigenvalue weighted by Gasteiger charge is 2.25. The maximum atomic E-state index is 12.4. The zero-order chi connectivity index (χ0) is 15.5. The molecule has 0 amide bonds. The largest absolute Gasteiger partial charge is 0.393 e. The van der Waals surface area contributed by atoms with Gasteiger partial charge in [0.25, 0.3) is 5.69 Å². The molecule has 1 atom stereocenters. The minimum absolute atomic E-state index is 0.0835. The van der Waals surface area contributed by atoms with Crippen LogP contribution in [0.25, 0.3) is 0 Å². The van der Waals surface area contributed by atoms with Crippen molar-refractivity contribution in [3.05, 3.63) is 33.9 Å². The standard InChI is InChI=1S/C12H18N2O5S/c1-9-4-5-11(14(16)17)8-12(9)20(18,19)13(3)7-6-10(2)15/h4-5,8,10,15H,6-7H2,1-3H3. The lowest BCUT2D eigenvalue weighted by Crippen LogP contribution is -2.30. The number of aliphatic hydroxyl groups is 1. The first-order valence-electron chi connectivity index (χ1n) is 6.05. The third-order valence-electron chi connectivity index (χ3n) is 2.93. The van der Waals surface area contributed by atoms with Gasteiger partial charge >= 0.3 is 0 Å². The van der Waals surface area contributed by atoms with Crippen molar-refractivity contribution >= 4 is 15.7 Å². The van der Waals surface area contributed by atoms with Gasteiger partial charge < -0.3 is 5.11 Å². The molecular weight excluding hydrogens is 284 g/mol. The van der Waals surface area contributed by atoms with E-state index in [1.54, 1.807) is 13.8 Å². The summed E-state index contributed by atoms with van der Waals surface area (Å²) in [4.78, 5) is 10.0. The molecule has 1 unspecified atom stereocenters. The summed E-state index contributed by atoms with van der Waals surface area (Å²) < 4.78 is 25.8. The monoisotopic (exact) mass is 302 g/mol. The van der Waals surface area contributed by atoms with Gasteiger partial charge in [0, 0.05) is 25.7 Å². The smallest absolute Gasteiger partial charge is 0.270 e. The van der Waals surface area contributed by atoms with Crippen LogP contribution in [-0.4, -0.2) is 42.4 Å². The second-order valence-electron chi connectivity index (χ2n) is 4.67. The van der Waals surface area contributed by atoms with Gasteiger partial charge in [-0.3, -0.25) is 10.1 Å². The number of non-ortho nitro benzene ring substituents is 1.